The van der Waals surface area contributed by atoms with E-state index in [4.69, 9.17) is 0 Å². The molecule has 3 aromatic carbocycles. The highest BCUT2D eigenvalue weighted by Crippen LogP contribution is 2.27. The van der Waals surface area contributed by atoms with Crippen LogP contribution in [0.25, 0.3) is 10.9 Å². The van der Waals surface area contributed by atoms with Gasteiger partial charge in [-0.2, -0.15) is 5.10 Å². The minimum absolute atomic E-state index is 0.0975. The van der Waals surface area contributed by atoms with Crippen molar-refractivity contribution in [2.75, 3.05) is 5.32 Å². The summed E-state index contributed by atoms with van der Waals surface area (Å²) in [5.41, 5.74) is 4.16. The Bertz CT molecular complexity index is 1360. The quantitative estimate of drug-likeness (QED) is 0.527. The number of fused-ring (bicyclic) bond motifs is 2. The van der Waals surface area contributed by atoms with E-state index >= 15 is 0 Å². The monoisotopic (exact) mass is 416 g/mol. The zero-order valence-corrected chi connectivity index (χ0v) is 16.7. The lowest BCUT2D eigenvalue weighted by atomic mass is 9.99. The molecule has 0 saturated carbocycles. The molecule has 0 aliphatic carbocycles. The second-order valence-electron chi connectivity index (χ2n) is 7.50. The number of benzene rings is 3. The van der Waals surface area contributed by atoms with Crippen LogP contribution in [0.2, 0.25) is 0 Å². The van der Waals surface area contributed by atoms with Crippen LogP contribution in [0.4, 0.5) is 14.5 Å². The van der Waals surface area contributed by atoms with Gasteiger partial charge in [-0.1, -0.05) is 36.4 Å². The second-order valence-corrected chi connectivity index (χ2v) is 7.50. The van der Waals surface area contributed by atoms with Gasteiger partial charge in [-0.15, -0.1) is 0 Å². The number of hydrogen-bond donors (Lipinski definition) is 1. The average molecular weight is 416 g/mol. The first-order chi connectivity index (χ1) is 15.0. The van der Waals surface area contributed by atoms with Gasteiger partial charge in [-0.3, -0.25) is 14.5 Å². The minimum atomic E-state index is -0.932. The van der Waals surface area contributed by atoms with Crippen LogP contribution >= 0.6 is 0 Å². The molecule has 4 aromatic rings. The lowest BCUT2D eigenvalue weighted by Gasteiger charge is -2.11. The number of aromatic nitrogens is 2. The molecule has 1 amide bonds. The molecule has 0 saturated heterocycles. The molecule has 5 rings (SSSR count). The van der Waals surface area contributed by atoms with Gasteiger partial charge in [0.05, 0.1) is 23.6 Å². The van der Waals surface area contributed by atoms with E-state index in [9.17, 15) is 13.6 Å². The number of carbonyl (C=O) groups excluding carboxylic acids is 1. The van der Waals surface area contributed by atoms with Crippen LogP contribution in [0.1, 0.15) is 27.0 Å². The third kappa shape index (κ3) is 3.38. The van der Waals surface area contributed by atoms with Crippen molar-refractivity contribution >= 4 is 28.2 Å². The maximum absolute atomic E-state index is 14.8. The minimum Gasteiger partial charge on any atom is -0.322 e. The van der Waals surface area contributed by atoms with E-state index in [-0.39, 0.29) is 10.9 Å². The number of amides is 1. The fourth-order valence-electron chi connectivity index (χ4n) is 3.89. The lowest BCUT2D eigenvalue weighted by Crippen LogP contribution is -2.16. The maximum atomic E-state index is 14.8. The molecule has 0 radical (unpaired) electrons. The molecule has 0 bridgehead atoms. The first-order valence-corrected chi connectivity index (χ1v) is 9.83. The Kier molecular flexibility index (Phi) is 4.58. The van der Waals surface area contributed by atoms with Crippen molar-refractivity contribution in [1.29, 1.82) is 0 Å². The van der Waals surface area contributed by atoms with Crippen molar-refractivity contribution in [2.24, 2.45) is 12.0 Å². The first-order valence-electron chi connectivity index (χ1n) is 9.83. The third-order valence-electron chi connectivity index (χ3n) is 5.50. The molecule has 0 atom stereocenters. The maximum Gasteiger partial charge on any atom is 0.261 e. The van der Waals surface area contributed by atoms with E-state index in [1.807, 2.05) is 36.4 Å². The number of aliphatic imine (C=N–C) groups is 1. The summed E-state index contributed by atoms with van der Waals surface area (Å²) in [6.45, 7) is 0.576. The number of halogens is 2. The van der Waals surface area contributed by atoms with E-state index in [1.165, 1.54) is 10.9 Å². The van der Waals surface area contributed by atoms with Crippen LogP contribution in [0.15, 0.2) is 65.8 Å². The summed E-state index contributed by atoms with van der Waals surface area (Å²) in [7, 11) is 1.58. The smallest absolute Gasteiger partial charge is 0.261 e. The predicted molar refractivity (Wildman–Crippen MR) is 115 cm³/mol. The largest absolute Gasteiger partial charge is 0.322 e. The number of aryl methyl sites for hydroxylation is 1. The molecule has 154 valence electrons. The number of hydrogen-bond acceptors (Lipinski definition) is 3. The highest BCUT2D eigenvalue weighted by Gasteiger charge is 2.23. The molecule has 2 heterocycles. The van der Waals surface area contributed by atoms with Gasteiger partial charge in [0.2, 0.25) is 0 Å². The number of rotatable bonds is 4. The second kappa shape index (κ2) is 7.43. The van der Waals surface area contributed by atoms with Crippen LogP contribution in [-0.4, -0.2) is 21.4 Å². The standard InChI is InChI=1S/C24H18F2N4O/c1-30-21-11-19(25)22(23(26)18(21)13-28-30)24(31)29-16-8-7-15-12-27-20(17(15)10-16)9-14-5-3-2-4-6-14/h2-8,10-11,13H,9,12H2,1H3,(H,29,31). The number of carbonyl (C=O) groups is 1. The van der Waals surface area contributed by atoms with Crippen molar-refractivity contribution < 1.29 is 13.6 Å². The SMILES string of the molecule is Cn1ncc2c(F)c(C(=O)Nc3ccc4c(c3)C(Cc3ccccc3)=NC4)c(F)cc21. The Morgan fingerprint density at radius 3 is 2.74 bits per heavy atom. The molecular weight excluding hydrogens is 398 g/mol. The van der Waals surface area contributed by atoms with Gasteiger partial charge in [0.15, 0.2) is 0 Å². The molecule has 1 aliphatic rings. The Morgan fingerprint density at radius 2 is 1.94 bits per heavy atom. The van der Waals surface area contributed by atoms with Gasteiger partial charge < -0.3 is 5.32 Å². The van der Waals surface area contributed by atoms with Crippen LogP contribution in [0.3, 0.4) is 0 Å². The van der Waals surface area contributed by atoms with Crippen LogP contribution < -0.4 is 5.32 Å². The van der Waals surface area contributed by atoms with E-state index in [2.05, 4.69) is 15.4 Å². The Morgan fingerprint density at radius 1 is 1.13 bits per heavy atom. The first kappa shape index (κ1) is 19.1. The molecule has 1 aromatic heterocycles. The van der Waals surface area contributed by atoms with Gasteiger partial charge in [0.1, 0.15) is 17.2 Å². The van der Waals surface area contributed by atoms with Gasteiger partial charge in [0.25, 0.3) is 5.91 Å². The summed E-state index contributed by atoms with van der Waals surface area (Å²) in [6.07, 6.45) is 1.95. The van der Waals surface area contributed by atoms with Gasteiger partial charge in [0, 0.05) is 36.5 Å². The Balaban J connectivity index is 1.43. The van der Waals surface area contributed by atoms with Crippen molar-refractivity contribution in [3.63, 3.8) is 0 Å². The average Bonchev–Trinajstić information content (AvgIpc) is 3.32. The number of anilines is 1. The van der Waals surface area contributed by atoms with Crippen molar-refractivity contribution in [2.45, 2.75) is 13.0 Å². The summed E-state index contributed by atoms with van der Waals surface area (Å²) in [5.74, 6) is -2.70. The summed E-state index contributed by atoms with van der Waals surface area (Å²) in [4.78, 5) is 17.3. The zero-order chi connectivity index (χ0) is 21.5. The lowest BCUT2D eigenvalue weighted by molar-refractivity contribution is 0.101. The van der Waals surface area contributed by atoms with E-state index in [0.29, 0.717) is 18.7 Å². The fourth-order valence-corrected chi connectivity index (χ4v) is 3.89. The number of nitrogens with one attached hydrogen (secondary N) is 1. The van der Waals surface area contributed by atoms with Crippen molar-refractivity contribution in [1.82, 2.24) is 9.78 Å². The van der Waals surface area contributed by atoms with Gasteiger partial charge in [-0.05, 0) is 23.3 Å². The van der Waals surface area contributed by atoms with Gasteiger partial charge >= 0.3 is 0 Å². The Hall–Kier alpha value is -3.87. The molecule has 0 unspecified atom stereocenters. The predicted octanol–water partition coefficient (Wildman–Crippen LogP) is 4.65. The summed E-state index contributed by atoms with van der Waals surface area (Å²) in [6, 6.07) is 16.5. The van der Waals surface area contributed by atoms with Gasteiger partial charge in [-0.25, -0.2) is 8.78 Å². The summed E-state index contributed by atoms with van der Waals surface area (Å²) in [5, 5.41) is 6.65. The topological polar surface area (TPSA) is 59.3 Å². The molecule has 31 heavy (non-hydrogen) atoms. The van der Waals surface area contributed by atoms with Crippen LogP contribution in [-0.2, 0) is 20.0 Å². The van der Waals surface area contributed by atoms with E-state index in [0.717, 1.165) is 28.5 Å². The van der Waals surface area contributed by atoms with Crippen molar-refractivity contribution in [3.8, 4) is 0 Å². The Labute approximate surface area is 177 Å². The summed E-state index contributed by atoms with van der Waals surface area (Å²) >= 11 is 0. The zero-order valence-electron chi connectivity index (χ0n) is 16.7. The fraction of sp³-hybridized carbons (Fsp3) is 0.125. The highest BCUT2D eigenvalue weighted by molar-refractivity contribution is 6.09. The molecule has 7 heteroatoms. The summed E-state index contributed by atoms with van der Waals surface area (Å²) < 4.78 is 30.8. The molecule has 0 spiro atoms. The third-order valence-corrected chi connectivity index (χ3v) is 5.50. The van der Waals surface area contributed by atoms with Crippen LogP contribution in [0, 0.1) is 11.6 Å². The normalized spacial score (nSPS) is 12.7. The molecular formula is C24H18F2N4O. The molecule has 0 fully saturated rings. The van der Waals surface area contributed by atoms with Crippen LogP contribution in [0.5, 0.6) is 0 Å². The van der Waals surface area contributed by atoms with Crippen molar-refractivity contribution in [3.05, 3.63) is 94.7 Å². The van der Waals surface area contributed by atoms with E-state index in [1.54, 1.807) is 19.2 Å². The highest BCUT2D eigenvalue weighted by atomic mass is 19.1. The molecule has 5 nitrogen and oxygen atoms in total. The molecule has 1 N–H and O–H groups in total. The van der Waals surface area contributed by atoms with E-state index < -0.39 is 23.1 Å². The molecule has 1 aliphatic heterocycles. The number of nitrogens with zero attached hydrogens (tertiary/aromatic N) is 3.